The van der Waals surface area contributed by atoms with Gasteiger partial charge in [-0.3, -0.25) is 9.48 Å². The Labute approximate surface area is 145 Å². The third-order valence-electron chi connectivity index (χ3n) is 4.07. The van der Waals surface area contributed by atoms with E-state index in [9.17, 15) is 4.79 Å². The average Bonchev–Trinajstić information content (AvgIpc) is 3.20. The quantitative estimate of drug-likeness (QED) is 0.776. The van der Waals surface area contributed by atoms with E-state index in [1.165, 1.54) is 11.1 Å². The highest BCUT2D eigenvalue weighted by molar-refractivity contribution is 7.07. The van der Waals surface area contributed by atoms with E-state index in [1.807, 2.05) is 18.5 Å². The Morgan fingerprint density at radius 2 is 2.08 bits per heavy atom. The summed E-state index contributed by atoms with van der Waals surface area (Å²) in [5.41, 5.74) is 7.70. The van der Waals surface area contributed by atoms with Crippen LogP contribution in [0.1, 0.15) is 27.3 Å². The highest BCUT2D eigenvalue weighted by Gasteiger charge is 2.14. The zero-order valence-corrected chi connectivity index (χ0v) is 14.9. The molecular formula is C18H20N4OS. The van der Waals surface area contributed by atoms with Crippen molar-refractivity contribution in [2.75, 3.05) is 6.54 Å². The van der Waals surface area contributed by atoms with Crippen molar-refractivity contribution in [3.05, 3.63) is 57.7 Å². The van der Waals surface area contributed by atoms with Crippen molar-refractivity contribution in [1.29, 1.82) is 0 Å². The fourth-order valence-corrected chi connectivity index (χ4v) is 3.10. The average molecular weight is 340 g/mol. The predicted octanol–water partition coefficient (Wildman–Crippen LogP) is 3.13. The molecule has 0 saturated heterocycles. The first-order chi connectivity index (χ1) is 11.5. The lowest BCUT2D eigenvalue weighted by Crippen LogP contribution is -2.26. The van der Waals surface area contributed by atoms with Crippen LogP contribution in [0.25, 0.3) is 11.3 Å². The molecule has 2 heterocycles. The van der Waals surface area contributed by atoms with Gasteiger partial charge in [0.25, 0.3) is 5.91 Å². The van der Waals surface area contributed by atoms with E-state index in [1.54, 1.807) is 21.5 Å². The van der Waals surface area contributed by atoms with Crippen LogP contribution < -0.4 is 5.32 Å². The number of nitrogens with one attached hydrogen (secondary N) is 1. The van der Waals surface area contributed by atoms with Crippen molar-refractivity contribution in [2.24, 2.45) is 7.05 Å². The first kappa shape index (κ1) is 16.4. The molecule has 0 fully saturated rings. The molecule has 5 nitrogen and oxygen atoms in total. The van der Waals surface area contributed by atoms with Gasteiger partial charge >= 0.3 is 0 Å². The van der Waals surface area contributed by atoms with Crippen LogP contribution in [0.3, 0.4) is 0 Å². The first-order valence-corrected chi connectivity index (χ1v) is 8.76. The standard InChI is InChI=1S/C18H20N4OS/c1-12-4-5-14(8-13(12)2)17-9-16(21-22(17)3)18(23)19-7-6-15-10-24-11-20-15/h4-5,8-11H,6-7H2,1-3H3,(H,19,23). The molecule has 3 rings (SSSR count). The fraction of sp³-hybridized carbons (Fsp3) is 0.278. The van der Waals surface area contributed by atoms with Crippen molar-refractivity contribution in [2.45, 2.75) is 20.3 Å². The van der Waals surface area contributed by atoms with Gasteiger partial charge in [0.2, 0.25) is 0 Å². The maximum Gasteiger partial charge on any atom is 0.271 e. The number of aromatic nitrogens is 3. The second kappa shape index (κ2) is 6.97. The summed E-state index contributed by atoms with van der Waals surface area (Å²) in [5, 5.41) is 9.24. The molecule has 0 bridgehead atoms. The van der Waals surface area contributed by atoms with Gasteiger partial charge in [0.05, 0.1) is 16.9 Å². The minimum atomic E-state index is -0.157. The monoisotopic (exact) mass is 340 g/mol. The van der Waals surface area contributed by atoms with Gasteiger partial charge in [-0.15, -0.1) is 11.3 Å². The largest absolute Gasteiger partial charge is 0.350 e. The van der Waals surface area contributed by atoms with Crippen molar-refractivity contribution in [1.82, 2.24) is 20.1 Å². The van der Waals surface area contributed by atoms with Crippen LogP contribution in [0.2, 0.25) is 0 Å². The Hall–Kier alpha value is -2.47. The second-order valence-electron chi connectivity index (χ2n) is 5.82. The van der Waals surface area contributed by atoms with E-state index in [-0.39, 0.29) is 5.91 Å². The lowest BCUT2D eigenvalue weighted by atomic mass is 10.0. The van der Waals surface area contributed by atoms with Crippen LogP contribution in [0, 0.1) is 13.8 Å². The topological polar surface area (TPSA) is 59.8 Å². The molecule has 0 saturated carbocycles. The number of thiazole rings is 1. The normalized spacial score (nSPS) is 10.8. The van der Waals surface area contributed by atoms with E-state index in [2.05, 4.69) is 47.4 Å². The number of aryl methyl sites for hydroxylation is 3. The van der Waals surface area contributed by atoms with Gasteiger partial charge < -0.3 is 5.32 Å². The summed E-state index contributed by atoms with van der Waals surface area (Å²) >= 11 is 1.56. The van der Waals surface area contributed by atoms with Crippen LogP contribution >= 0.6 is 11.3 Å². The first-order valence-electron chi connectivity index (χ1n) is 7.81. The summed E-state index contributed by atoms with van der Waals surface area (Å²) < 4.78 is 1.75. The molecule has 2 aromatic heterocycles. The van der Waals surface area contributed by atoms with Crippen molar-refractivity contribution < 1.29 is 4.79 Å². The van der Waals surface area contributed by atoms with Crippen LogP contribution in [-0.2, 0) is 13.5 Å². The molecule has 124 valence electrons. The maximum atomic E-state index is 12.3. The van der Waals surface area contributed by atoms with Crippen LogP contribution in [0.5, 0.6) is 0 Å². The highest BCUT2D eigenvalue weighted by atomic mass is 32.1. The SMILES string of the molecule is Cc1ccc(-c2cc(C(=O)NCCc3cscn3)nn2C)cc1C. The molecule has 3 aromatic rings. The molecule has 0 aliphatic rings. The van der Waals surface area contributed by atoms with Gasteiger partial charge in [0, 0.05) is 31.0 Å². The van der Waals surface area contributed by atoms with Crippen LogP contribution in [0.15, 0.2) is 35.2 Å². The Kier molecular flexibility index (Phi) is 4.76. The number of amides is 1. The molecule has 0 radical (unpaired) electrons. The molecule has 0 aliphatic carbocycles. The number of hydrogen-bond acceptors (Lipinski definition) is 4. The van der Waals surface area contributed by atoms with E-state index in [0.29, 0.717) is 12.2 Å². The summed E-state index contributed by atoms with van der Waals surface area (Å²) in [6.45, 7) is 4.73. The van der Waals surface area contributed by atoms with Gasteiger partial charge in [-0.25, -0.2) is 4.98 Å². The minimum Gasteiger partial charge on any atom is -0.350 e. The van der Waals surface area contributed by atoms with Crippen molar-refractivity contribution in [3.63, 3.8) is 0 Å². The molecule has 1 amide bonds. The molecule has 0 aliphatic heterocycles. The lowest BCUT2D eigenvalue weighted by molar-refractivity contribution is 0.0948. The zero-order valence-electron chi connectivity index (χ0n) is 14.0. The van der Waals surface area contributed by atoms with Crippen molar-refractivity contribution >= 4 is 17.2 Å². The van der Waals surface area contributed by atoms with Crippen LogP contribution in [0.4, 0.5) is 0 Å². The number of nitrogens with zero attached hydrogens (tertiary/aromatic N) is 3. The van der Waals surface area contributed by atoms with E-state index >= 15 is 0 Å². The number of carbonyl (C=O) groups is 1. The van der Waals surface area contributed by atoms with Crippen LogP contribution in [-0.4, -0.2) is 27.2 Å². The summed E-state index contributed by atoms with van der Waals surface area (Å²) in [7, 11) is 1.86. The summed E-state index contributed by atoms with van der Waals surface area (Å²) in [6, 6.07) is 8.10. The maximum absolute atomic E-state index is 12.3. The third-order valence-corrected chi connectivity index (χ3v) is 4.70. The Bertz CT molecular complexity index is 852. The van der Waals surface area contributed by atoms with E-state index < -0.39 is 0 Å². The molecule has 1 N–H and O–H groups in total. The molecule has 1 aromatic carbocycles. The van der Waals surface area contributed by atoms with Gasteiger partial charge in [-0.2, -0.15) is 5.10 Å². The third kappa shape index (κ3) is 3.54. The molecule has 0 atom stereocenters. The zero-order chi connectivity index (χ0) is 17.1. The molecule has 6 heteroatoms. The Morgan fingerprint density at radius 3 is 2.79 bits per heavy atom. The summed E-state index contributed by atoms with van der Waals surface area (Å²) in [4.78, 5) is 16.5. The summed E-state index contributed by atoms with van der Waals surface area (Å²) in [5.74, 6) is -0.157. The predicted molar refractivity (Wildman–Crippen MR) is 96.3 cm³/mol. The summed E-state index contributed by atoms with van der Waals surface area (Å²) in [6.07, 6.45) is 0.728. The van der Waals surface area contributed by atoms with E-state index in [4.69, 9.17) is 0 Å². The Morgan fingerprint density at radius 1 is 1.25 bits per heavy atom. The van der Waals surface area contributed by atoms with Gasteiger partial charge in [0.15, 0.2) is 5.69 Å². The van der Waals surface area contributed by atoms with Gasteiger partial charge in [-0.1, -0.05) is 12.1 Å². The smallest absolute Gasteiger partial charge is 0.271 e. The fourth-order valence-electron chi connectivity index (χ4n) is 2.50. The lowest BCUT2D eigenvalue weighted by Gasteiger charge is -2.05. The van der Waals surface area contributed by atoms with E-state index in [0.717, 1.165) is 23.4 Å². The number of benzene rings is 1. The number of rotatable bonds is 5. The Balaban J connectivity index is 1.70. The molecular weight excluding hydrogens is 320 g/mol. The highest BCUT2D eigenvalue weighted by Crippen LogP contribution is 2.22. The van der Waals surface area contributed by atoms with Gasteiger partial charge in [-0.05, 0) is 37.1 Å². The van der Waals surface area contributed by atoms with Crippen molar-refractivity contribution in [3.8, 4) is 11.3 Å². The number of hydrogen-bond donors (Lipinski definition) is 1. The van der Waals surface area contributed by atoms with Gasteiger partial charge in [0.1, 0.15) is 0 Å². The molecule has 24 heavy (non-hydrogen) atoms. The number of carbonyl (C=O) groups excluding carboxylic acids is 1. The molecule has 0 spiro atoms. The molecule has 0 unspecified atom stereocenters. The minimum absolute atomic E-state index is 0.157. The second-order valence-corrected chi connectivity index (χ2v) is 6.54.